The predicted octanol–water partition coefficient (Wildman–Crippen LogP) is 2.80. The highest BCUT2D eigenvalue weighted by molar-refractivity contribution is 5.93. The molecule has 0 unspecified atom stereocenters. The molecule has 0 radical (unpaired) electrons. The largest absolute Gasteiger partial charge is 0.354 e. The van der Waals surface area contributed by atoms with Crippen LogP contribution in [-0.4, -0.2) is 29.0 Å². The Kier molecular flexibility index (Phi) is 6.47. The highest BCUT2D eigenvalue weighted by atomic mass is 19.1. The molecule has 0 saturated heterocycles. The molecular formula is C17H21FN4O. The molecule has 1 amide bonds. The Hall–Kier alpha value is -2.50. The van der Waals surface area contributed by atoms with Crippen molar-refractivity contribution in [3.63, 3.8) is 0 Å². The molecule has 0 aliphatic carbocycles. The number of halogens is 1. The van der Waals surface area contributed by atoms with Crippen LogP contribution in [0, 0.1) is 5.82 Å². The molecule has 0 saturated carbocycles. The molecule has 23 heavy (non-hydrogen) atoms. The van der Waals surface area contributed by atoms with Crippen LogP contribution in [-0.2, 0) is 6.42 Å². The Bertz CT molecular complexity index is 631. The molecule has 2 rings (SSSR count). The molecule has 1 aromatic heterocycles. The van der Waals surface area contributed by atoms with Crippen LogP contribution in [0.3, 0.4) is 0 Å². The van der Waals surface area contributed by atoms with Gasteiger partial charge in [0.1, 0.15) is 5.82 Å². The minimum atomic E-state index is -0.263. The summed E-state index contributed by atoms with van der Waals surface area (Å²) in [6.07, 6.45) is 5.55. The second kappa shape index (κ2) is 8.82. The summed E-state index contributed by atoms with van der Waals surface area (Å²) in [6, 6.07) is 6.54. The zero-order valence-corrected chi connectivity index (χ0v) is 13.2. The van der Waals surface area contributed by atoms with Crippen LogP contribution in [0.4, 0.5) is 10.3 Å². The monoisotopic (exact) mass is 316 g/mol. The molecule has 2 N–H and O–H groups in total. The van der Waals surface area contributed by atoms with Crippen LogP contribution in [0.1, 0.15) is 35.7 Å². The van der Waals surface area contributed by atoms with Gasteiger partial charge in [0.05, 0.1) is 5.56 Å². The summed E-state index contributed by atoms with van der Waals surface area (Å²) in [5.74, 6) is -0.00427. The number of carbonyl (C=O) groups excluding carboxylic acids is 1. The third kappa shape index (κ3) is 5.32. The Morgan fingerprint density at radius 2 is 1.91 bits per heavy atom. The van der Waals surface area contributed by atoms with Crippen molar-refractivity contribution >= 4 is 11.9 Å². The predicted molar refractivity (Wildman–Crippen MR) is 87.9 cm³/mol. The SMILES string of the molecule is CCCCNc1ncc(C(=O)NCCc2ccccc2F)cn1. The van der Waals surface area contributed by atoms with Crippen molar-refractivity contribution in [3.8, 4) is 0 Å². The summed E-state index contributed by atoms with van der Waals surface area (Å²) in [6.45, 7) is 3.28. The zero-order valence-electron chi connectivity index (χ0n) is 13.2. The number of nitrogens with one attached hydrogen (secondary N) is 2. The van der Waals surface area contributed by atoms with Gasteiger partial charge in [-0.3, -0.25) is 4.79 Å². The third-order valence-corrected chi connectivity index (χ3v) is 3.37. The lowest BCUT2D eigenvalue weighted by atomic mass is 10.1. The first kappa shape index (κ1) is 16.9. The van der Waals surface area contributed by atoms with E-state index in [9.17, 15) is 9.18 Å². The Labute approximate surface area is 135 Å². The molecule has 0 spiro atoms. The summed E-state index contributed by atoms with van der Waals surface area (Å²) < 4.78 is 13.5. The van der Waals surface area contributed by atoms with E-state index in [1.165, 1.54) is 18.5 Å². The van der Waals surface area contributed by atoms with Crippen molar-refractivity contribution in [1.29, 1.82) is 0 Å². The van der Waals surface area contributed by atoms with E-state index >= 15 is 0 Å². The topological polar surface area (TPSA) is 66.9 Å². The van der Waals surface area contributed by atoms with Gasteiger partial charge in [-0.05, 0) is 24.5 Å². The van der Waals surface area contributed by atoms with E-state index in [4.69, 9.17) is 0 Å². The fourth-order valence-corrected chi connectivity index (χ4v) is 2.03. The molecule has 6 heteroatoms. The van der Waals surface area contributed by atoms with Crippen LogP contribution in [0.15, 0.2) is 36.7 Å². The first-order valence-electron chi connectivity index (χ1n) is 7.78. The number of hydrogen-bond donors (Lipinski definition) is 2. The number of rotatable bonds is 8. The van der Waals surface area contributed by atoms with Crippen LogP contribution in [0.25, 0.3) is 0 Å². The summed E-state index contributed by atoms with van der Waals surface area (Å²) in [5.41, 5.74) is 0.971. The van der Waals surface area contributed by atoms with E-state index in [1.54, 1.807) is 18.2 Å². The maximum atomic E-state index is 13.5. The average Bonchev–Trinajstić information content (AvgIpc) is 2.57. The number of nitrogens with zero attached hydrogens (tertiary/aromatic N) is 2. The lowest BCUT2D eigenvalue weighted by Gasteiger charge is -2.07. The van der Waals surface area contributed by atoms with Gasteiger partial charge in [0, 0.05) is 25.5 Å². The van der Waals surface area contributed by atoms with Crippen molar-refractivity contribution in [2.24, 2.45) is 0 Å². The van der Waals surface area contributed by atoms with Crippen molar-refractivity contribution in [1.82, 2.24) is 15.3 Å². The van der Waals surface area contributed by atoms with E-state index < -0.39 is 0 Å². The Morgan fingerprint density at radius 3 is 2.61 bits per heavy atom. The number of anilines is 1. The van der Waals surface area contributed by atoms with E-state index in [-0.39, 0.29) is 11.7 Å². The molecule has 1 aromatic carbocycles. The molecular weight excluding hydrogens is 295 g/mol. The first-order valence-corrected chi connectivity index (χ1v) is 7.78. The van der Waals surface area contributed by atoms with E-state index in [2.05, 4.69) is 27.5 Å². The van der Waals surface area contributed by atoms with Crippen molar-refractivity contribution < 1.29 is 9.18 Å². The molecule has 0 fully saturated rings. The Morgan fingerprint density at radius 1 is 1.17 bits per heavy atom. The van der Waals surface area contributed by atoms with Gasteiger partial charge in [-0.1, -0.05) is 31.5 Å². The maximum absolute atomic E-state index is 13.5. The quantitative estimate of drug-likeness (QED) is 0.735. The van der Waals surface area contributed by atoms with E-state index in [1.807, 2.05) is 0 Å². The molecule has 0 aliphatic rings. The summed E-state index contributed by atoms with van der Waals surface area (Å²) >= 11 is 0. The van der Waals surface area contributed by atoms with Gasteiger partial charge in [-0.25, -0.2) is 14.4 Å². The van der Waals surface area contributed by atoms with Gasteiger partial charge in [0.15, 0.2) is 0 Å². The molecule has 122 valence electrons. The average molecular weight is 316 g/mol. The van der Waals surface area contributed by atoms with E-state index in [0.29, 0.717) is 30.0 Å². The van der Waals surface area contributed by atoms with Crippen LogP contribution in [0.5, 0.6) is 0 Å². The maximum Gasteiger partial charge on any atom is 0.254 e. The summed E-state index contributed by atoms with van der Waals surface area (Å²) in [7, 11) is 0. The fourth-order valence-electron chi connectivity index (χ4n) is 2.03. The Balaban J connectivity index is 1.80. The summed E-state index contributed by atoms with van der Waals surface area (Å²) in [5, 5.41) is 5.83. The highest BCUT2D eigenvalue weighted by Crippen LogP contribution is 2.06. The second-order valence-corrected chi connectivity index (χ2v) is 5.17. The van der Waals surface area contributed by atoms with Crippen LogP contribution in [0.2, 0.25) is 0 Å². The first-order chi connectivity index (χ1) is 11.2. The molecule has 2 aromatic rings. The number of amides is 1. The van der Waals surface area contributed by atoms with Crippen LogP contribution >= 0.6 is 0 Å². The number of aromatic nitrogens is 2. The molecule has 0 atom stereocenters. The van der Waals surface area contributed by atoms with Crippen molar-refractivity contribution in [2.75, 3.05) is 18.4 Å². The molecule has 0 aliphatic heterocycles. The third-order valence-electron chi connectivity index (χ3n) is 3.37. The van der Waals surface area contributed by atoms with Gasteiger partial charge in [0.25, 0.3) is 5.91 Å². The van der Waals surface area contributed by atoms with Gasteiger partial charge in [0.2, 0.25) is 5.95 Å². The number of benzene rings is 1. The molecule has 5 nitrogen and oxygen atoms in total. The zero-order chi connectivity index (χ0) is 16.5. The lowest BCUT2D eigenvalue weighted by Crippen LogP contribution is -2.26. The normalized spacial score (nSPS) is 10.3. The lowest BCUT2D eigenvalue weighted by molar-refractivity contribution is 0.0953. The fraction of sp³-hybridized carbons (Fsp3) is 0.353. The second-order valence-electron chi connectivity index (χ2n) is 5.17. The number of carbonyl (C=O) groups is 1. The van der Waals surface area contributed by atoms with Crippen molar-refractivity contribution in [3.05, 3.63) is 53.6 Å². The minimum Gasteiger partial charge on any atom is -0.354 e. The van der Waals surface area contributed by atoms with Gasteiger partial charge >= 0.3 is 0 Å². The molecule has 0 bridgehead atoms. The number of hydrogen-bond acceptors (Lipinski definition) is 4. The number of unbranched alkanes of at least 4 members (excludes halogenated alkanes) is 1. The molecule has 1 heterocycles. The van der Waals surface area contributed by atoms with Gasteiger partial charge < -0.3 is 10.6 Å². The summed E-state index contributed by atoms with van der Waals surface area (Å²) in [4.78, 5) is 20.2. The van der Waals surface area contributed by atoms with Gasteiger partial charge in [-0.15, -0.1) is 0 Å². The van der Waals surface area contributed by atoms with Crippen molar-refractivity contribution in [2.45, 2.75) is 26.2 Å². The smallest absolute Gasteiger partial charge is 0.254 e. The standard InChI is InChI=1S/C17H21FN4O/c1-2-3-9-20-17-21-11-14(12-22-17)16(23)19-10-8-13-6-4-5-7-15(13)18/h4-7,11-12H,2-3,8-10H2,1H3,(H,19,23)(H,20,21,22). The van der Waals surface area contributed by atoms with Crippen LogP contribution < -0.4 is 10.6 Å². The minimum absolute atomic E-state index is 0.257. The van der Waals surface area contributed by atoms with Gasteiger partial charge in [-0.2, -0.15) is 0 Å². The highest BCUT2D eigenvalue weighted by Gasteiger charge is 2.07. The van der Waals surface area contributed by atoms with E-state index in [0.717, 1.165) is 19.4 Å².